The van der Waals surface area contributed by atoms with Gasteiger partial charge in [0.25, 0.3) is 0 Å². The number of nitrogens with two attached hydrogens (primary N) is 1. The van der Waals surface area contributed by atoms with E-state index in [1.165, 1.54) is 26.2 Å². The molecule has 0 aromatic rings. The molecule has 0 aliphatic carbocycles. The Labute approximate surface area is 75.5 Å². The molecule has 1 saturated heterocycles. The molecule has 3 nitrogen and oxygen atoms in total. The Morgan fingerprint density at radius 1 is 1.42 bits per heavy atom. The van der Waals surface area contributed by atoms with Crippen LogP contribution >= 0.6 is 0 Å². The third-order valence-corrected chi connectivity index (χ3v) is 2.71. The van der Waals surface area contributed by atoms with Gasteiger partial charge in [-0.25, -0.2) is 0 Å². The average Bonchev–Trinajstić information content (AvgIpc) is 2.05. The van der Waals surface area contributed by atoms with Gasteiger partial charge in [-0.2, -0.15) is 0 Å². The third-order valence-electron chi connectivity index (χ3n) is 2.71. The van der Waals surface area contributed by atoms with Gasteiger partial charge in [0.1, 0.15) is 0 Å². The van der Waals surface area contributed by atoms with Crippen molar-refractivity contribution in [2.24, 2.45) is 5.73 Å². The van der Waals surface area contributed by atoms with Crippen LogP contribution in [0.3, 0.4) is 0 Å². The molecule has 0 spiro atoms. The lowest BCUT2D eigenvalue weighted by Gasteiger charge is -2.39. The van der Waals surface area contributed by atoms with Crippen molar-refractivity contribution in [1.82, 2.24) is 9.80 Å². The van der Waals surface area contributed by atoms with Crippen LogP contribution in [-0.4, -0.2) is 55.6 Å². The Balaban J connectivity index is 2.40. The summed E-state index contributed by atoms with van der Waals surface area (Å²) in [7, 11) is 2.19. The van der Waals surface area contributed by atoms with Gasteiger partial charge in [0.05, 0.1) is 0 Å². The molecule has 1 fully saturated rings. The fourth-order valence-corrected chi connectivity index (χ4v) is 1.93. The molecule has 1 unspecified atom stereocenters. The van der Waals surface area contributed by atoms with Crippen LogP contribution in [0, 0.1) is 0 Å². The van der Waals surface area contributed by atoms with Gasteiger partial charge in [-0.3, -0.25) is 4.90 Å². The molecule has 0 aromatic heterocycles. The van der Waals surface area contributed by atoms with Gasteiger partial charge in [-0.1, -0.05) is 6.92 Å². The summed E-state index contributed by atoms with van der Waals surface area (Å²) in [6, 6.07) is 0.693. The Bertz CT molecular complexity index is 127. The maximum Gasteiger partial charge on any atom is 0.0235 e. The SMILES string of the molecule is CCN1CCN(C)CC1CCN. The van der Waals surface area contributed by atoms with Crippen LogP contribution in [0.25, 0.3) is 0 Å². The van der Waals surface area contributed by atoms with Gasteiger partial charge in [-0.15, -0.1) is 0 Å². The number of nitrogens with zero attached hydrogens (tertiary/aromatic N) is 2. The molecule has 0 aromatic carbocycles. The van der Waals surface area contributed by atoms with E-state index in [4.69, 9.17) is 5.73 Å². The summed E-state index contributed by atoms with van der Waals surface area (Å²) in [5.74, 6) is 0. The van der Waals surface area contributed by atoms with Crippen LogP contribution in [-0.2, 0) is 0 Å². The standard InChI is InChI=1S/C9H21N3/c1-3-12-7-6-11(2)8-9(12)4-5-10/h9H,3-8,10H2,1-2H3. The first-order chi connectivity index (χ1) is 5.77. The number of hydrogen-bond donors (Lipinski definition) is 1. The first kappa shape index (κ1) is 9.96. The van der Waals surface area contributed by atoms with Crippen LogP contribution in [0.5, 0.6) is 0 Å². The van der Waals surface area contributed by atoms with E-state index in [9.17, 15) is 0 Å². The van der Waals surface area contributed by atoms with E-state index in [0.29, 0.717) is 6.04 Å². The number of likely N-dealkylation sites (N-methyl/N-ethyl adjacent to an activating group) is 2. The van der Waals surface area contributed by atoms with Gasteiger partial charge in [0.2, 0.25) is 0 Å². The van der Waals surface area contributed by atoms with Crippen molar-refractivity contribution < 1.29 is 0 Å². The van der Waals surface area contributed by atoms with E-state index in [-0.39, 0.29) is 0 Å². The minimum absolute atomic E-state index is 0.693. The summed E-state index contributed by atoms with van der Waals surface area (Å²) < 4.78 is 0. The number of piperazine rings is 1. The summed E-state index contributed by atoms with van der Waals surface area (Å²) >= 11 is 0. The van der Waals surface area contributed by atoms with Gasteiger partial charge in [0.15, 0.2) is 0 Å². The fraction of sp³-hybridized carbons (Fsp3) is 1.00. The molecule has 2 N–H and O–H groups in total. The zero-order valence-corrected chi connectivity index (χ0v) is 8.29. The predicted molar refractivity (Wildman–Crippen MR) is 52.2 cm³/mol. The van der Waals surface area contributed by atoms with Crippen LogP contribution in [0.4, 0.5) is 0 Å². The summed E-state index contributed by atoms with van der Waals surface area (Å²) in [6.45, 7) is 7.81. The third kappa shape index (κ3) is 2.44. The zero-order chi connectivity index (χ0) is 8.97. The Kier molecular flexibility index (Phi) is 3.98. The summed E-state index contributed by atoms with van der Waals surface area (Å²) in [5, 5.41) is 0. The monoisotopic (exact) mass is 171 g/mol. The molecular weight excluding hydrogens is 150 g/mol. The quantitative estimate of drug-likeness (QED) is 0.647. The highest BCUT2D eigenvalue weighted by Gasteiger charge is 2.22. The minimum atomic E-state index is 0.693. The second-order valence-electron chi connectivity index (χ2n) is 3.62. The van der Waals surface area contributed by atoms with Crippen LogP contribution < -0.4 is 5.73 Å². The Morgan fingerprint density at radius 3 is 2.75 bits per heavy atom. The molecule has 12 heavy (non-hydrogen) atoms. The van der Waals surface area contributed by atoms with Crippen molar-refractivity contribution in [3.05, 3.63) is 0 Å². The highest BCUT2D eigenvalue weighted by Crippen LogP contribution is 2.10. The molecule has 1 heterocycles. The lowest BCUT2D eigenvalue weighted by Crippen LogP contribution is -2.52. The van der Waals surface area contributed by atoms with E-state index in [2.05, 4.69) is 23.8 Å². The van der Waals surface area contributed by atoms with Crippen molar-refractivity contribution in [2.45, 2.75) is 19.4 Å². The molecule has 0 bridgehead atoms. The van der Waals surface area contributed by atoms with Crippen molar-refractivity contribution in [2.75, 3.05) is 39.8 Å². The van der Waals surface area contributed by atoms with Crippen molar-refractivity contribution in [3.63, 3.8) is 0 Å². The van der Waals surface area contributed by atoms with E-state index in [0.717, 1.165) is 13.0 Å². The number of hydrogen-bond acceptors (Lipinski definition) is 3. The lowest BCUT2D eigenvalue weighted by atomic mass is 10.1. The second kappa shape index (κ2) is 4.80. The van der Waals surface area contributed by atoms with Crippen LogP contribution in [0.2, 0.25) is 0 Å². The molecule has 1 aliphatic rings. The normalized spacial score (nSPS) is 27.8. The highest BCUT2D eigenvalue weighted by molar-refractivity contribution is 4.79. The fourth-order valence-electron chi connectivity index (χ4n) is 1.93. The molecule has 0 saturated carbocycles. The lowest BCUT2D eigenvalue weighted by molar-refractivity contribution is 0.0912. The van der Waals surface area contributed by atoms with Crippen molar-refractivity contribution in [3.8, 4) is 0 Å². The Hall–Kier alpha value is -0.120. The molecule has 1 atom stereocenters. The maximum atomic E-state index is 5.58. The molecule has 3 heteroatoms. The largest absolute Gasteiger partial charge is 0.330 e. The Morgan fingerprint density at radius 2 is 2.17 bits per heavy atom. The van der Waals surface area contributed by atoms with Gasteiger partial charge >= 0.3 is 0 Å². The molecule has 0 radical (unpaired) electrons. The van der Waals surface area contributed by atoms with Crippen molar-refractivity contribution in [1.29, 1.82) is 0 Å². The summed E-state index contributed by atoms with van der Waals surface area (Å²) in [4.78, 5) is 4.93. The molecular formula is C9H21N3. The van der Waals surface area contributed by atoms with E-state index < -0.39 is 0 Å². The topological polar surface area (TPSA) is 32.5 Å². The van der Waals surface area contributed by atoms with Crippen LogP contribution in [0.15, 0.2) is 0 Å². The second-order valence-corrected chi connectivity index (χ2v) is 3.62. The summed E-state index contributed by atoms with van der Waals surface area (Å²) in [5.41, 5.74) is 5.58. The van der Waals surface area contributed by atoms with Gasteiger partial charge < -0.3 is 10.6 Å². The van der Waals surface area contributed by atoms with Crippen LogP contribution in [0.1, 0.15) is 13.3 Å². The first-order valence-electron chi connectivity index (χ1n) is 4.90. The zero-order valence-electron chi connectivity index (χ0n) is 8.29. The maximum absolute atomic E-state index is 5.58. The molecule has 1 aliphatic heterocycles. The molecule has 72 valence electrons. The van der Waals surface area contributed by atoms with E-state index in [1.807, 2.05) is 0 Å². The van der Waals surface area contributed by atoms with Gasteiger partial charge in [0, 0.05) is 25.7 Å². The molecule has 1 rings (SSSR count). The van der Waals surface area contributed by atoms with E-state index in [1.54, 1.807) is 0 Å². The summed E-state index contributed by atoms with van der Waals surface area (Å²) in [6.07, 6.45) is 1.14. The molecule has 0 amide bonds. The highest BCUT2D eigenvalue weighted by atomic mass is 15.3. The average molecular weight is 171 g/mol. The minimum Gasteiger partial charge on any atom is -0.330 e. The predicted octanol–water partition coefficient (Wildman–Crippen LogP) is -0.0289. The first-order valence-corrected chi connectivity index (χ1v) is 4.90. The van der Waals surface area contributed by atoms with Crippen molar-refractivity contribution >= 4 is 0 Å². The number of rotatable bonds is 3. The van der Waals surface area contributed by atoms with E-state index >= 15 is 0 Å². The van der Waals surface area contributed by atoms with Gasteiger partial charge in [-0.05, 0) is 26.6 Å². The smallest absolute Gasteiger partial charge is 0.0235 e.